The molecule has 0 bridgehead atoms. The maximum atomic E-state index is 12.2. The van der Waals surface area contributed by atoms with Crippen LogP contribution >= 0.6 is 0 Å². The van der Waals surface area contributed by atoms with Crippen LogP contribution in [0.4, 0.5) is 26.3 Å². The van der Waals surface area contributed by atoms with Crippen LogP contribution in [-0.4, -0.2) is 30.2 Å². The molecule has 8 heteroatoms. The number of nitrogens with zero attached hydrogens (tertiary/aromatic N) is 1. The molecule has 0 aromatic rings. The van der Waals surface area contributed by atoms with Crippen LogP contribution in [0.5, 0.6) is 0 Å². The fraction of sp³-hybridized carbons (Fsp3) is 1.00. The second-order valence-corrected chi connectivity index (χ2v) is 2.34. The molecule has 1 N–H and O–H groups in total. The Morgan fingerprint density at radius 1 is 1.00 bits per heavy atom. The zero-order chi connectivity index (χ0) is 9.78. The van der Waals surface area contributed by atoms with E-state index in [4.69, 9.17) is 0 Å². The highest BCUT2D eigenvalue weighted by Gasteiger charge is 2.74. The van der Waals surface area contributed by atoms with E-state index in [1.807, 2.05) is 0 Å². The van der Waals surface area contributed by atoms with Crippen LogP contribution in [0.1, 0.15) is 0 Å². The summed E-state index contributed by atoms with van der Waals surface area (Å²) < 4.78 is 73.0. The molecule has 0 atom stereocenters. The quantitative estimate of drug-likeness (QED) is 0.461. The first kappa shape index (κ1) is 9.59. The van der Waals surface area contributed by atoms with Gasteiger partial charge >= 0.3 is 18.3 Å². The predicted octanol–water partition coefficient (Wildman–Crippen LogP) is 1.26. The summed E-state index contributed by atoms with van der Waals surface area (Å²) in [6, 6.07) is -9.79. The topological polar surface area (TPSA) is 15.3 Å². The van der Waals surface area contributed by atoms with E-state index in [1.165, 1.54) is 0 Å². The van der Waals surface area contributed by atoms with Crippen LogP contribution < -0.4 is 5.32 Å². The third kappa shape index (κ3) is 0.977. The number of hydrogen-bond donors (Lipinski definition) is 1. The first-order valence-corrected chi connectivity index (χ1v) is 2.78. The number of alkyl halides is 6. The standard InChI is InChI=1S/C4H4F6N2/c1-12-3(7,8)2(5,6)11-4(12,9)10/h11H,1H3. The predicted molar refractivity (Wildman–Crippen MR) is 25.7 cm³/mol. The molecule has 0 aliphatic carbocycles. The fourth-order valence-corrected chi connectivity index (χ4v) is 0.735. The summed E-state index contributed by atoms with van der Waals surface area (Å²) in [6.45, 7) is 0. The van der Waals surface area contributed by atoms with Crippen LogP contribution in [0.15, 0.2) is 0 Å². The van der Waals surface area contributed by atoms with Gasteiger partial charge in [0, 0.05) is 0 Å². The highest BCUT2D eigenvalue weighted by atomic mass is 19.3. The molecule has 0 spiro atoms. The maximum absolute atomic E-state index is 12.2. The second kappa shape index (κ2) is 2.05. The number of halogens is 6. The summed E-state index contributed by atoms with van der Waals surface area (Å²) >= 11 is 0. The number of nitrogens with one attached hydrogen (secondary N) is 1. The van der Waals surface area contributed by atoms with E-state index in [9.17, 15) is 26.3 Å². The van der Waals surface area contributed by atoms with Crippen molar-refractivity contribution < 1.29 is 26.3 Å². The van der Waals surface area contributed by atoms with E-state index in [0.717, 1.165) is 0 Å². The summed E-state index contributed by atoms with van der Waals surface area (Å²) in [5, 5.41) is 0.219. The van der Waals surface area contributed by atoms with Crippen LogP contribution in [0.25, 0.3) is 0 Å². The van der Waals surface area contributed by atoms with Crippen molar-refractivity contribution in [1.82, 2.24) is 10.2 Å². The van der Waals surface area contributed by atoms with Gasteiger partial charge < -0.3 is 0 Å². The van der Waals surface area contributed by atoms with Gasteiger partial charge in [-0.3, -0.25) is 0 Å². The Hall–Kier alpha value is -0.500. The highest BCUT2D eigenvalue weighted by molar-refractivity contribution is 4.93. The lowest BCUT2D eigenvalue weighted by molar-refractivity contribution is -0.265. The van der Waals surface area contributed by atoms with Gasteiger partial charge in [-0.05, 0) is 7.05 Å². The van der Waals surface area contributed by atoms with Crippen LogP contribution in [0.2, 0.25) is 0 Å². The lowest BCUT2D eigenvalue weighted by Gasteiger charge is -2.22. The van der Waals surface area contributed by atoms with E-state index in [-0.39, 0.29) is 12.4 Å². The molecule has 1 heterocycles. The summed E-state index contributed by atoms with van der Waals surface area (Å²) in [4.78, 5) is -1.01. The van der Waals surface area contributed by atoms with Crippen LogP contribution in [0.3, 0.4) is 0 Å². The first-order valence-electron chi connectivity index (χ1n) is 2.78. The monoisotopic (exact) mass is 194 g/mol. The average Bonchev–Trinajstić information content (AvgIpc) is 1.90. The van der Waals surface area contributed by atoms with E-state index in [2.05, 4.69) is 0 Å². The van der Waals surface area contributed by atoms with Gasteiger partial charge in [0.05, 0.1) is 0 Å². The van der Waals surface area contributed by atoms with Crippen molar-refractivity contribution in [2.24, 2.45) is 0 Å². The third-order valence-electron chi connectivity index (χ3n) is 1.53. The molecule has 0 radical (unpaired) electrons. The van der Waals surface area contributed by atoms with E-state index >= 15 is 0 Å². The molecule has 0 amide bonds. The minimum Gasteiger partial charge on any atom is -0.180 e. The van der Waals surface area contributed by atoms with Crippen LogP contribution in [-0.2, 0) is 0 Å². The number of hydrogen-bond acceptors (Lipinski definition) is 2. The Bertz CT molecular complexity index is 202. The van der Waals surface area contributed by atoms with Crippen molar-refractivity contribution in [3.63, 3.8) is 0 Å². The number of likely N-dealkylation sites (N-methyl/N-ethyl adjacent to an activating group) is 1. The molecular weight excluding hydrogens is 190 g/mol. The van der Waals surface area contributed by atoms with Gasteiger partial charge in [-0.15, -0.1) is 0 Å². The van der Waals surface area contributed by atoms with Crippen LogP contribution in [0, 0.1) is 0 Å². The molecule has 0 aromatic carbocycles. The van der Waals surface area contributed by atoms with Crippen molar-refractivity contribution in [2.75, 3.05) is 7.05 Å². The van der Waals surface area contributed by atoms with Crippen molar-refractivity contribution in [1.29, 1.82) is 0 Å². The van der Waals surface area contributed by atoms with Gasteiger partial charge in [-0.25, -0.2) is 0 Å². The largest absolute Gasteiger partial charge is 0.387 e. The Morgan fingerprint density at radius 3 is 1.50 bits per heavy atom. The van der Waals surface area contributed by atoms with Crippen molar-refractivity contribution in [3.8, 4) is 0 Å². The Labute approximate surface area is 63.1 Å². The fourth-order valence-electron chi connectivity index (χ4n) is 0.735. The highest BCUT2D eigenvalue weighted by Crippen LogP contribution is 2.45. The zero-order valence-electron chi connectivity index (χ0n) is 5.72. The summed E-state index contributed by atoms with van der Waals surface area (Å²) in [5.74, 6) is 0. The summed E-state index contributed by atoms with van der Waals surface area (Å²) in [6.07, 6.45) is -4.40. The average molecular weight is 194 g/mol. The molecule has 1 aliphatic heterocycles. The first-order chi connectivity index (χ1) is 5.11. The summed E-state index contributed by atoms with van der Waals surface area (Å²) in [5.41, 5.74) is 0. The lowest BCUT2D eigenvalue weighted by Crippen LogP contribution is -2.47. The third-order valence-corrected chi connectivity index (χ3v) is 1.53. The zero-order valence-corrected chi connectivity index (χ0v) is 5.72. The molecule has 1 rings (SSSR count). The molecular formula is C4H4F6N2. The number of rotatable bonds is 0. The molecule has 12 heavy (non-hydrogen) atoms. The van der Waals surface area contributed by atoms with Gasteiger partial charge in [0.25, 0.3) is 0 Å². The molecule has 1 fully saturated rings. The SMILES string of the molecule is CN1C(F)(F)NC(F)(F)C1(F)F. The smallest absolute Gasteiger partial charge is 0.180 e. The maximum Gasteiger partial charge on any atom is 0.387 e. The van der Waals surface area contributed by atoms with E-state index in [0.29, 0.717) is 0 Å². The van der Waals surface area contributed by atoms with Crippen molar-refractivity contribution in [2.45, 2.75) is 18.3 Å². The molecule has 1 saturated heterocycles. The van der Waals surface area contributed by atoms with Gasteiger partial charge in [0.2, 0.25) is 0 Å². The molecule has 0 saturated carbocycles. The Kier molecular flexibility index (Phi) is 1.64. The minimum atomic E-state index is -4.91. The summed E-state index contributed by atoms with van der Waals surface area (Å²) in [7, 11) is 0.202. The molecule has 1 aliphatic rings. The normalized spacial score (nSPS) is 32.2. The van der Waals surface area contributed by atoms with E-state index in [1.54, 1.807) is 0 Å². The minimum absolute atomic E-state index is 0.202. The van der Waals surface area contributed by atoms with Crippen molar-refractivity contribution in [3.05, 3.63) is 0 Å². The molecule has 0 aromatic heterocycles. The molecule has 2 nitrogen and oxygen atoms in total. The molecule has 72 valence electrons. The van der Waals surface area contributed by atoms with Crippen molar-refractivity contribution >= 4 is 0 Å². The Balaban J connectivity index is 3.05. The van der Waals surface area contributed by atoms with E-state index < -0.39 is 23.2 Å². The van der Waals surface area contributed by atoms with Gasteiger partial charge in [-0.2, -0.15) is 36.6 Å². The van der Waals surface area contributed by atoms with Gasteiger partial charge in [-0.1, -0.05) is 0 Å². The lowest BCUT2D eigenvalue weighted by atomic mass is 10.5. The van der Waals surface area contributed by atoms with Gasteiger partial charge in [0.15, 0.2) is 0 Å². The molecule has 0 unspecified atom stereocenters. The van der Waals surface area contributed by atoms with Gasteiger partial charge in [0.1, 0.15) is 0 Å². The Morgan fingerprint density at radius 2 is 1.42 bits per heavy atom. The second-order valence-electron chi connectivity index (χ2n) is 2.34.